The number of piperidine rings is 1. The minimum Gasteiger partial charge on any atom is -0.338 e. The molecule has 7 heteroatoms. The molecular weight excluding hydrogens is 396 g/mol. The molecule has 2 aromatic carbocycles. The van der Waals surface area contributed by atoms with Crippen molar-refractivity contribution in [2.75, 3.05) is 19.6 Å². The van der Waals surface area contributed by atoms with E-state index in [1.807, 2.05) is 42.2 Å². The van der Waals surface area contributed by atoms with E-state index in [1.165, 1.54) is 10.4 Å². The van der Waals surface area contributed by atoms with Crippen molar-refractivity contribution in [3.8, 4) is 0 Å². The molecule has 3 rings (SSSR count). The lowest BCUT2D eigenvalue weighted by atomic mass is 9.96. The second-order valence-corrected chi connectivity index (χ2v) is 9.35. The topological polar surface area (TPSA) is 57.7 Å². The van der Waals surface area contributed by atoms with Crippen molar-refractivity contribution < 1.29 is 13.2 Å². The number of amides is 1. The van der Waals surface area contributed by atoms with Crippen LogP contribution >= 0.6 is 11.6 Å². The number of carbonyl (C=O) groups is 1. The van der Waals surface area contributed by atoms with Gasteiger partial charge in [-0.05, 0) is 43.5 Å². The fraction of sp³-hybridized carbons (Fsp3) is 0.381. The van der Waals surface area contributed by atoms with Gasteiger partial charge in [-0.3, -0.25) is 4.79 Å². The molecule has 0 saturated carbocycles. The van der Waals surface area contributed by atoms with Crippen LogP contribution in [0.1, 0.15) is 25.3 Å². The van der Waals surface area contributed by atoms with Crippen molar-refractivity contribution >= 4 is 27.5 Å². The van der Waals surface area contributed by atoms with Crippen LogP contribution in [0.5, 0.6) is 0 Å². The summed E-state index contributed by atoms with van der Waals surface area (Å²) in [5.41, 5.74) is 1.10. The van der Waals surface area contributed by atoms with Crippen molar-refractivity contribution in [3.05, 3.63) is 65.2 Å². The van der Waals surface area contributed by atoms with E-state index in [2.05, 4.69) is 0 Å². The van der Waals surface area contributed by atoms with Gasteiger partial charge in [-0.15, -0.1) is 0 Å². The van der Waals surface area contributed by atoms with Crippen LogP contribution in [-0.2, 0) is 21.4 Å². The Morgan fingerprint density at radius 1 is 1.11 bits per heavy atom. The third kappa shape index (κ3) is 4.74. The summed E-state index contributed by atoms with van der Waals surface area (Å²) in [6.45, 7) is 3.87. The number of nitrogens with zero attached hydrogens (tertiary/aromatic N) is 2. The third-order valence-electron chi connectivity index (χ3n) is 5.15. The fourth-order valence-corrected chi connectivity index (χ4v) is 5.30. The molecule has 0 aromatic heterocycles. The molecule has 2 aromatic rings. The van der Waals surface area contributed by atoms with Crippen molar-refractivity contribution in [2.45, 2.75) is 31.2 Å². The van der Waals surface area contributed by atoms with Crippen molar-refractivity contribution in [3.63, 3.8) is 0 Å². The Morgan fingerprint density at radius 3 is 2.39 bits per heavy atom. The van der Waals surface area contributed by atoms with Crippen LogP contribution in [0.4, 0.5) is 0 Å². The smallest absolute Gasteiger partial charge is 0.243 e. The second kappa shape index (κ2) is 9.07. The van der Waals surface area contributed by atoms with Crippen LogP contribution in [0.3, 0.4) is 0 Å². The average Bonchev–Trinajstić information content (AvgIpc) is 2.72. The molecular formula is C21H25ClN2O3S. The fourth-order valence-electron chi connectivity index (χ4n) is 3.53. The summed E-state index contributed by atoms with van der Waals surface area (Å²) in [5.74, 6) is -0.0411. The largest absolute Gasteiger partial charge is 0.338 e. The molecule has 1 aliphatic rings. The van der Waals surface area contributed by atoms with E-state index in [-0.39, 0.29) is 16.7 Å². The Bertz CT molecular complexity index is 910. The van der Waals surface area contributed by atoms with Gasteiger partial charge in [0.25, 0.3) is 0 Å². The van der Waals surface area contributed by atoms with Gasteiger partial charge in [-0.25, -0.2) is 8.42 Å². The number of rotatable bonds is 6. The minimum atomic E-state index is -3.58. The lowest BCUT2D eigenvalue weighted by Gasteiger charge is -2.33. The highest BCUT2D eigenvalue weighted by molar-refractivity contribution is 7.89. The van der Waals surface area contributed by atoms with Gasteiger partial charge in [-0.1, -0.05) is 48.0 Å². The van der Waals surface area contributed by atoms with Gasteiger partial charge in [0.05, 0.1) is 4.90 Å². The molecule has 1 saturated heterocycles. The highest BCUT2D eigenvalue weighted by Gasteiger charge is 2.33. The molecule has 28 heavy (non-hydrogen) atoms. The van der Waals surface area contributed by atoms with Gasteiger partial charge in [-0.2, -0.15) is 4.31 Å². The number of benzene rings is 2. The van der Waals surface area contributed by atoms with Crippen molar-refractivity contribution in [1.29, 1.82) is 0 Å². The molecule has 5 nitrogen and oxygen atoms in total. The Hall–Kier alpha value is -1.89. The molecule has 0 spiro atoms. The maximum absolute atomic E-state index is 12.9. The monoisotopic (exact) mass is 420 g/mol. The van der Waals surface area contributed by atoms with E-state index in [4.69, 9.17) is 11.6 Å². The summed E-state index contributed by atoms with van der Waals surface area (Å²) in [7, 11) is -3.58. The lowest BCUT2D eigenvalue weighted by molar-refractivity contribution is -0.137. The molecule has 0 unspecified atom stereocenters. The maximum atomic E-state index is 12.9. The first kappa shape index (κ1) is 20.8. The van der Waals surface area contributed by atoms with Gasteiger partial charge < -0.3 is 4.90 Å². The predicted molar refractivity (Wildman–Crippen MR) is 110 cm³/mol. The van der Waals surface area contributed by atoms with E-state index in [1.54, 1.807) is 18.2 Å². The summed E-state index contributed by atoms with van der Waals surface area (Å²) in [6, 6.07) is 16.2. The molecule has 1 aliphatic heterocycles. The Balaban J connectivity index is 1.63. The standard InChI is InChI=1S/C21H25ClN2O3S/c1-2-23(16-17-7-4-3-5-8-17)21(25)18-11-13-24(14-12-18)28(26,27)20-10-6-9-19(22)15-20/h3-10,15,18H,2,11-14,16H2,1H3. The minimum absolute atomic E-state index is 0.103. The number of hydrogen-bond acceptors (Lipinski definition) is 3. The van der Waals surface area contributed by atoms with Crippen LogP contribution < -0.4 is 0 Å². The molecule has 0 radical (unpaired) electrons. The molecule has 0 bridgehead atoms. The van der Waals surface area contributed by atoms with Gasteiger partial charge in [0, 0.05) is 37.1 Å². The number of carbonyl (C=O) groups excluding carboxylic acids is 1. The van der Waals surface area contributed by atoms with Gasteiger partial charge in [0.2, 0.25) is 15.9 Å². The zero-order chi connectivity index (χ0) is 20.1. The van der Waals surface area contributed by atoms with Crippen LogP contribution in [0.2, 0.25) is 5.02 Å². The van der Waals surface area contributed by atoms with Gasteiger partial charge in [0.1, 0.15) is 0 Å². The van der Waals surface area contributed by atoms with E-state index in [9.17, 15) is 13.2 Å². The molecule has 1 fully saturated rings. The SMILES string of the molecule is CCN(Cc1ccccc1)C(=O)C1CCN(S(=O)(=O)c2cccc(Cl)c2)CC1. The predicted octanol–water partition coefficient (Wildman–Crippen LogP) is 3.79. The molecule has 0 atom stereocenters. The molecule has 1 heterocycles. The highest BCUT2D eigenvalue weighted by atomic mass is 35.5. The first-order chi connectivity index (χ1) is 13.4. The third-order valence-corrected chi connectivity index (χ3v) is 7.28. The average molecular weight is 421 g/mol. The first-order valence-corrected chi connectivity index (χ1v) is 11.3. The lowest BCUT2D eigenvalue weighted by Crippen LogP contribution is -2.44. The molecule has 0 N–H and O–H groups in total. The molecule has 150 valence electrons. The van der Waals surface area contributed by atoms with Crippen molar-refractivity contribution in [2.24, 2.45) is 5.92 Å². The Kier molecular flexibility index (Phi) is 6.75. The number of sulfonamides is 1. The normalized spacial score (nSPS) is 16.1. The molecule has 1 amide bonds. The highest BCUT2D eigenvalue weighted by Crippen LogP contribution is 2.26. The van der Waals surface area contributed by atoms with E-state index < -0.39 is 10.0 Å². The van der Waals surface area contributed by atoms with Crippen molar-refractivity contribution in [1.82, 2.24) is 9.21 Å². The Labute approximate surface area is 172 Å². The quantitative estimate of drug-likeness (QED) is 0.714. The van der Waals surface area contributed by atoms with E-state index >= 15 is 0 Å². The van der Waals surface area contributed by atoms with Crippen LogP contribution in [0, 0.1) is 5.92 Å². The Morgan fingerprint density at radius 2 is 1.79 bits per heavy atom. The number of hydrogen-bond donors (Lipinski definition) is 0. The van der Waals surface area contributed by atoms with E-state index in [0.717, 1.165) is 5.56 Å². The maximum Gasteiger partial charge on any atom is 0.243 e. The number of halogens is 1. The van der Waals surface area contributed by atoms with Crippen LogP contribution in [-0.4, -0.2) is 43.2 Å². The van der Waals surface area contributed by atoms with Gasteiger partial charge >= 0.3 is 0 Å². The second-order valence-electron chi connectivity index (χ2n) is 6.97. The van der Waals surface area contributed by atoms with Crippen LogP contribution in [0.25, 0.3) is 0 Å². The zero-order valence-corrected chi connectivity index (χ0v) is 17.5. The summed E-state index contributed by atoms with van der Waals surface area (Å²) in [6.07, 6.45) is 1.06. The van der Waals surface area contributed by atoms with E-state index in [0.29, 0.717) is 44.0 Å². The zero-order valence-electron chi connectivity index (χ0n) is 15.9. The first-order valence-electron chi connectivity index (χ1n) is 9.50. The summed E-state index contributed by atoms with van der Waals surface area (Å²) in [5, 5.41) is 0.394. The summed E-state index contributed by atoms with van der Waals surface area (Å²) < 4.78 is 27.1. The van der Waals surface area contributed by atoms with Gasteiger partial charge in [0.15, 0.2) is 0 Å². The summed E-state index contributed by atoms with van der Waals surface area (Å²) >= 11 is 5.94. The summed E-state index contributed by atoms with van der Waals surface area (Å²) in [4.78, 5) is 15.0. The molecule has 0 aliphatic carbocycles. The van der Waals surface area contributed by atoms with Crippen LogP contribution in [0.15, 0.2) is 59.5 Å².